The van der Waals surface area contributed by atoms with E-state index in [1.165, 1.54) is 11.3 Å². The number of hydrogen-bond donors (Lipinski definition) is 1. The Morgan fingerprint density at radius 3 is 2.70 bits per heavy atom. The first-order valence-electron chi connectivity index (χ1n) is 2.86. The van der Waals surface area contributed by atoms with Crippen LogP contribution in [0, 0.1) is 0 Å². The average Bonchev–Trinajstić information content (AvgIpc) is 2.34. The van der Waals surface area contributed by atoms with Crippen molar-refractivity contribution in [2.24, 2.45) is 5.73 Å². The van der Waals surface area contributed by atoms with Crippen molar-refractivity contribution in [2.75, 3.05) is 0 Å². The molecule has 1 aromatic heterocycles. The standard InChI is InChI=1S/C5H7N3OS/c1-2-3-7-8-5(10-3)4(6)9/h2H2,1H3,(H2,6,9). The number of carbonyl (C=O) groups is 1. The highest BCUT2D eigenvalue weighted by molar-refractivity contribution is 7.13. The van der Waals surface area contributed by atoms with E-state index in [0.717, 1.165) is 11.4 Å². The van der Waals surface area contributed by atoms with Gasteiger partial charge in [-0.1, -0.05) is 18.3 Å². The van der Waals surface area contributed by atoms with E-state index in [0.29, 0.717) is 0 Å². The maximum absolute atomic E-state index is 10.5. The van der Waals surface area contributed by atoms with Gasteiger partial charge in [0, 0.05) is 0 Å². The second-order valence-electron chi connectivity index (χ2n) is 1.72. The predicted molar refractivity (Wildman–Crippen MR) is 37.8 cm³/mol. The Balaban J connectivity index is 2.88. The van der Waals surface area contributed by atoms with Gasteiger partial charge in [0.25, 0.3) is 5.91 Å². The van der Waals surface area contributed by atoms with Gasteiger partial charge in [-0.05, 0) is 6.42 Å². The molecule has 0 aromatic carbocycles. The first-order valence-corrected chi connectivity index (χ1v) is 3.68. The predicted octanol–water partition coefficient (Wildman–Crippen LogP) is 0.199. The lowest BCUT2D eigenvalue weighted by Crippen LogP contribution is -2.10. The van der Waals surface area contributed by atoms with E-state index < -0.39 is 5.91 Å². The topological polar surface area (TPSA) is 68.9 Å². The van der Waals surface area contributed by atoms with Crippen LogP contribution in [0.2, 0.25) is 0 Å². The molecule has 0 aliphatic carbocycles. The summed E-state index contributed by atoms with van der Waals surface area (Å²) in [5, 5.41) is 8.43. The van der Waals surface area contributed by atoms with Crippen LogP contribution in [-0.4, -0.2) is 16.1 Å². The molecule has 0 radical (unpaired) electrons. The van der Waals surface area contributed by atoms with Crippen molar-refractivity contribution < 1.29 is 4.79 Å². The van der Waals surface area contributed by atoms with Crippen molar-refractivity contribution in [1.29, 1.82) is 0 Å². The van der Waals surface area contributed by atoms with E-state index in [-0.39, 0.29) is 5.01 Å². The van der Waals surface area contributed by atoms with Gasteiger partial charge in [-0.25, -0.2) is 0 Å². The fourth-order valence-electron chi connectivity index (χ4n) is 0.496. The normalized spacial score (nSPS) is 9.70. The molecule has 0 saturated heterocycles. The molecule has 0 aliphatic rings. The molecule has 0 fully saturated rings. The Morgan fingerprint density at radius 2 is 2.40 bits per heavy atom. The van der Waals surface area contributed by atoms with E-state index in [2.05, 4.69) is 10.2 Å². The first kappa shape index (κ1) is 7.14. The highest BCUT2D eigenvalue weighted by Gasteiger charge is 2.06. The molecule has 0 unspecified atom stereocenters. The molecule has 4 nitrogen and oxygen atoms in total. The monoisotopic (exact) mass is 157 g/mol. The van der Waals surface area contributed by atoms with Crippen LogP contribution in [0.25, 0.3) is 0 Å². The third-order valence-corrected chi connectivity index (χ3v) is 2.06. The number of carbonyl (C=O) groups excluding carboxylic acids is 1. The summed E-state index contributed by atoms with van der Waals surface area (Å²) in [5.41, 5.74) is 4.95. The maximum Gasteiger partial charge on any atom is 0.279 e. The van der Waals surface area contributed by atoms with Crippen LogP contribution < -0.4 is 5.73 Å². The van der Waals surface area contributed by atoms with Crippen molar-refractivity contribution in [3.8, 4) is 0 Å². The number of hydrogen-bond acceptors (Lipinski definition) is 4. The van der Waals surface area contributed by atoms with Crippen molar-refractivity contribution in [3.63, 3.8) is 0 Å². The van der Waals surface area contributed by atoms with Crippen LogP contribution in [0.15, 0.2) is 0 Å². The third kappa shape index (κ3) is 1.30. The van der Waals surface area contributed by atoms with Gasteiger partial charge in [0.2, 0.25) is 5.01 Å². The Labute approximate surface area is 62.1 Å². The van der Waals surface area contributed by atoms with Gasteiger partial charge in [0.05, 0.1) is 0 Å². The minimum absolute atomic E-state index is 0.289. The number of amides is 1. The molecule has 1 rings (SSSR count). The minimum atomic E-state index is -0.503. The molecule has 0 spiro atoms. The molecular weight excluding hydrogens is 150 g/mol. The molecule has 0 aliphatic heterocycles. The molecule has 1 amide bonds. The number of nitrogens with zero attached hydrogens (tertiary/aromatic N) is 2. The average molecular weight is 157 g/mol. The minimum Gasteiger partial charge on any atom is -0.363 e. The first-order chi connectivity index (χ1) is 4.74. The molecule has 10 heavy (non-hydrogen) atoms. The van der Waals surface area contributed by atoms with Gasteiger partial charge in [0.1, 0.15) is 5.01 Å². The van der Waals surface area contributed by atoms with Crippen molar-refractivity contribution in [3.05, 3.63) is 10.0 Å². The number of aryl methyl sites for hydroxylation is 1. The highest BCUT2D eigenvalue weighted by atomic mass is 32.1. The second-order valence-corrected chi connectivity index (χ2v) is 2.78. The smallest absolute Gasteiger partial charge is 0.279 e. The van der Waals surface area contributed by atoms with Gasteiger partial charge in [0.15, 0.2) is 0 Å². The van der Waals surface area contributed by atoms with Crippen molar-refractivity contribution in [1.82, 2.24) is 10.2 Å². The van der Waals surface area contributed by atoms with E-state index in [4.69, 9.17) is 5.73 Å². The van der Waals surface area contributed by atoms with Crippen molar-refractivity contribution >= 4 is 17.2 Å². The number of aromatic nitrogens is 2. The molecule has 1 heterocycles. The Morgan fingerprint density at radius 1 is 1.70 bits per heavy atom. The molecule has 5 heteroatoms. The van der Waals surface area contributed by atoms with E-state index in [1.54, 1.807) is 0 Å². The van der Waals surface area contributed by atoms with Gasteiger partial charge >= 0.3 is 0 Å². The van der Waals surface area contributed by atoms with Crippen LogP contribution >= 0.6 is 11.3 Å². The lowest BCUT2D eigenvalue weighted by atomic mass is 10.5. The third-order valence-electron chi connectivity index (χ3n) is 0.980. The number of nitrogens with two attached hydrogens (primary N) is 1. The summed E-state index contributed by atoms with van der Waals surface area (Å²) in [5.74, 6) is -0.503. The molecule has 0 atom stereocenters. The quantitative estimate of drug-likeness (QED) is 0.666. The Bertz CT molecular complexity index is 245. The lowest BCUT2D eigenvalue weighted by molar-refractivity contribution is 0.0999. The number of rotatable bonds is 2. The van der Waals surface area contributed by atoms with E-state index in [1.807, 2.05) is 6.92 Å². The van der Waals surface area contributed by atoms with E-state index >= 15 is 0 Å². The molecule has 0 bridgehead atoms. The van der Waals surface area contributed by atoms with Crippen LogP contribution in [0.5, 0.6) is 0 Å². The van der Waals surface area contributed by atoms with Crippen LogP contribution in [0.1, 0.15) is 21.7 Å². The lowest BCUT2D eigenvalue weighted by Gasteiger charge is -1.79. The van der Waals surface area contributed by atoms with Gasteiger partial charge < -0.3 is 5.73 Å². The van der Waals surface area contributed by atoms with Gasteiger partial charge in [-0.15, -0.1) is 10.2 Å². The summed E-state index contributed by atoms with van der Waals surface area (Å²) in [7, 11) is 0. The largest absolute Gasteiger partial charge is 0.363 e. The van der Waals surface area contributed by atoms with Gasteiger partial charge in [-0.3, -0.25) is 4.79 Å². The fourth-order valence-corrected chi connectivity index (χ4v) is 1.13. The Kier molecular flexibility index (Phi) is 1.96. The summed E-state index contributed by atoms with van der Waals surface area (Å²) in [4.78, 5) is 10.5. The molecule has 2 N–H and O–H groups in total. The molecular formula is C5H7N3OS. The summed E-state index contributed by atoms with van der Waals surface area (Å²) >= 11 is 1.24. The zero-order valence-corrected chi connectivity index (χ0v) is 6.31. The summed E-state index contributed by atoms with van der Waals surface area (Å²) in [6.07, 6.45) is 0.797. The SMILES string of the molecule is CCc1nnc(C(N)=O)s1. The Hall–Kier alpha value is -0.970. The summed E-state index contributed by atoms with van der Waals surface area (Å²) in [6, 6.07) is 0. The fraction of sp³-hybridized carbons (Fsp3) is 0.400. The highest BCUT2D eigenvalue weighted by Crippen LogP contribution is 2.08. The van der Waals surface area contributed by atoms with Crippen LogP contribution in [0.4, 0.5) is 0 Å². The maximum atomic E-state index is 10.5. The second kappa shape index (κ2) is 2.74. The zero-order valence-electron chi connectivity index (χ0n) is 5.50. The summed E-state index contributed by atoms with van der Waals surface area (Å²) in [6.45, 7) is 1.95. The van der Waals surface area contributed by atoms with Gasteiger partial charge in [-0.2, -0.15) is 0 Å². The molecule has 54 valence electrons. The summed E-state index contributed by atoms with van der Waals surface area (Å²) < 4.78 is 0. The van der Waals surface area contributed by atoms with E-state index in [9.17, 15) is 4.79 Å². The van der Waals surface area contributed by atoms with Crippen LogP contribution in [0.3, 0.4) is 0 Å². The molecule has 1 aromatic rings. The van der Waals surface area contributed by atoms with Crippen LogP contribution in [-0.2, 0) is 6.42 Å². The molecule has 0 saturated carbocycles. The van der Waals surface area contributed by atoms with Crippen molar-refractivity contribution in [2.45, 2.75) is 13.3 Å². The zero-order chi connectivity index (χ0) is 7.56. The number of primary amides is 1.